The van der Waals surface area contributed by atoms with Crippen LogP contribution in [0.25, 0.3) is 11.5 Å². The molecular weight excluding hydrogens is 310 g/mol. The van der Waals surface area contributed by atoms with E-state index in [2.05, 4.69) is 36.3 Å². The van der Waals surface area contributed by atoms with E-state index in [1.165, 1.54) is 22.9 Å². The van der Waals surface area contributed by atoms with Gasteiger partial charge in [-0.2, -0.15) is 0 Å². The summed E-state index contributed by atoms with van der Waals surface area (Å²) in [7, 11) is 0. The summed E-state index contributed by atoms with van der Waals surface area (Å²) < 4.78 is 5.62. The average Bonchev–Trinajstić information content (AvgIpc) is 2.96. The molecule has 124 valence electrons. The van der Waals surface area contributed by atoms with Gasteiger partial charge in [-0.3, -0.25) is 4.79 Å². The van der Waals surface area contributed by atoms with E-state index < -0.39 is 0 Å². The lowest BCUT2D eigenvalue weighted by Gasteiger charge is -2.05. The molecule has 23 heavy (non-hydrogen) atoms. The Balaban J connectivity index is 1.87. The van der Waals surface area contributed by atoms with E-state index in [0.29, 0.717) is 23.6 Å². The number of hydrogen-bond donors (Lipinski definition) is 1. The number of thioether (sulfide) groups is 1. The van der Waals surface area contributed by atoms with Gasteiger partial charge >= 0.3 is 0 Å². The van der Waals surface area contributed by atoms with Gasteiger partial charge in [0, 0.05) is 12.1 Å². The van der Waals surface area contributed by atoms with Crippen LogP contribution in [0.3, 0.4) is 0 Å². The number of nitrogens with zero attached hydrogens (tertiary/aromatic N) is 2. The van der Waals surface area contributed by atoms with E-state index in [0.717, 1.165) is 12.0 Å². The molecule has 1 aromatic carbocycles. The summed E-state index contributed by atoms with van der Waals surface area (Å²) in [6, 6.07) is 6.02. The predicted octanol–water partition coefficient (Wildman–Crippen LogP) is 3.61. The lowest BCUT2D eigenvalue weighted by molar-refractivity contribution is -0.118. The van der Waals surface area contributed by atoms with Crippen LogP contribution < -0.4 is 5.32 Å². The van der Waals surface area contributed by atoms with Crippen LogP contribution in [-0.4, -0.2) is 28.4 Å². The fraction of sp³-hybridized carbons (Fsp3) is 0.471. The second kappa shape index (κ2) is 8.15. The van der Waals surface area contributed by atoms with E-state index in [9.17, 15) is 4.79 Å². The van der Waals surface area contributed by atoms with Crippen LogP contribution in [0.4, 0.5) is 0 Å². The lowest BCUT2D eigenvalue weighted by atomic mass is 10.1. The van der Waals surface area contributed by atoms with Gasteiger partial charge in [-0.25, -0.2) is 0 Å². The van der Waals surface area contributed by atoms with E-state index in [4.69, 9.17) is 4.42 Å². The van der Waals surface area contributed by atoms with Crippen molar-refractivity contribution in [3.63, 3.8) is 0 Å². The van der Waals surface area contributed by atoms with Crippen molar-refractivity contribution in [1.29, 1.82) is 0 Å². The Morgan fingerprint density at radius 2 is 2.04 bits per heavy atom. The topological polar surface area (TPSA) is 68.0 Å². The van der Waals surface area contributed by atoms with Gasteiger partial charge in [0.25, 0.3) is 5.22 Å². The molecule has 0 radical (unpaired) electrons. The number of hydrogen-bond acceptors (Lipinski definition) is 5. The molecule has 0 aliphatic rings. The number of aromatic nitrogens is 2. The van der Waals surface area contributed by atoms with Crippen molar-refractivity contribution in [2.24, 2.45) is 5.92 Å². The highest BCUT2D eigenvalue weighted by Gasteiger charge is 2.11. The predicted molar refractivity (Wildman–Crippen MR) is 92.4 cm³/mol. The molecule has 0 saturated carbocycles. The van der Waals surface area contributed by atoms with Crippen molar-refractivity contribution >= 4 is 17.7 Å². The Morgan fingerprint density at radius 1 is 1.26 bits per heavy atom. The van der Waals surface area contributed by atoms with Gasteiger partial charge in [0.15, 0.2) is 0 Å². The van der Waals surface area contributed by atoms with E-state index in [1.54, 1.807) is 0 Å². The third kappa shape index (κ3) is 5.39. The van der Waals surface area contributed by atoms with Crippen LogP contribution in [0.15, 0.2) is 27.8 Å². The number of aryl methyl sites for hydroxylation is 2. The fourth-order valence-electron chi connectivity index (χ4n) is 1.94. The summed E-state index contributed by atoms with van der Waals surface area (Å²) in [5.41, 5.74) is 3.30. The molecule has 0 aliphatic carbocycles. The monoisotopic (exact) mass is 333 g/mol. The van der Waals surface area contributed by atoms with Gasteiger partial charge in [-0.05, 0) is 49.4 Å². The smallest absolute Gasteiger partial charge is 0.277 e. The molecule has 0 bridgehead atoms. The first-order valence-electron chi connectivity index (χ1n) is 7.76. The summed E-state index contributed by atoms with van der Waals surface area (Å²) >= 11 is 1.26. The Labute approximate surface area is 141 Å². The van der Waals surface area contributed by atoms with Gasteiger partial charge in [0.05, 0.1) is 5.75 Å². The molecule has 6 heteroatoms. The summed E-state index contributed by atoms with van der Waals surface area (Å²) in [5, 5.41) is 11.3. The third-order valence-electron chi connectivity index (χ3n) is 3.53. The van der Waals surface area contributed by atoms with Crippen molar-refractivity contribution in [2.45, 2.75) is 39.3 Å². The normalized spacial score (nSPS) is 11.0. The number of rotatable bonds is 7. The first-order chi connectivity index (χ1) is 11.0. The molecule has 0 spiro atoms. The SMILES string of the molecule is Cc1ccc(-c2nnc(SCC(=O)NCCC(C)C)o2)cc1C. The Hall–Kier alpha value is -1.82. The molecule has 2 aromatic rings. The minimum Gasteiger partial charge on any atom is -0.411 e. The summed E-state index contributed by atoms with van der Waals surface area (Å²) in [4.78, 5) is 11.7. The highest BCUT2D eigenvalue weighted by Crippen LogP contribution is 2.24. The second-order valence-corrected chi connectivity index (χ2v) is 6.92. The van der Waals surface area contributed by atoms with Crippen LogP contribution in [0.5, 0.6) is 0 Å². The molecule has 0 atom stereocenters. The Bertz CT molecular complexity index is 668. The first-order valence-corrected chi connectivity index (χ1v) is 8.75. The molecule has 5 nitrogen and oxygen atoms in total. The fourth-order valence-corrected chi connectivity index (χ4v) is 2.53. The Kier molecular flexibility index (Phi) is 6.21. The van der Waals surface area contributed by atoms with Crippen LogP contribution in [-0.2, 0) is 4.79 Å². The van der Waals surface area contributed by atoms with Crippen molar-refractivity contribution in [2.75, 3.05) is 12.3 Å². The van der Waals surface area contributed by atoms with Gasteiger partial charge in [-0.1, -0.05) is 31.7 Å². The molecule has 1 N–H and O–H groups in total. The molecule has 0 aliphatic heterocycles. The minimum atomic E-state index is -0.0124. The summed E-state index contributed by atoms with van der Waals surface area (Å²) in [5.74, 6) is 1.34. The van der Waals surface area contributed by atoms with E-state index >= 15 is 0 Å². The zero-order chi connectivity index (χ0) is 16.8. The summed E-state index contributed by atoms with van der Waals surface area (Å²) in [6.45, 7) is 9.08. The number of benzene rings is 1. The highest BCUT2D eigenvalue weighted by molar-refractivity contribution is 7.99. The molecule has 1 amide bonds. The zero-order valence-corrected chi connectivity index (χ0v) is 14.9. The maximum Gasteiger partial charge on any atom is 0.277 e. The van der Waals surface area contributed by atoms with E-state index in [-0.39, 0.29) is 11.7 Å². The molecule has 1 aromatic heterocycles. The van der Waals surface area contributed by atoms with Gasteiger partial charge in [-0.15, -0.1) is 10.2 Å². The lowest BCUT2D eigenvalue weighted by Crippen LogP contribution is -2.26. The molecule has 0 fully saturated rings. The maximum absolute atomic E-state index is 11.7. The number of amides is 1. The maximum atomic E-state index is 11.7. The van der Waals surface area contributed by atoms with Crippen LogP contribution in [0.2, 0.25) is 0 Å². The zero-order valence-electron chi connectivity index (χ0n) is 14.0. The quantitative estimate of drug-likeness (QED) is 0.784. The third-order valence-corrected chi connectivity index (χ3v) is 4.35. The average molecular weight is 333 g/mol. The van der Waals surface area contributed by atoms with Crippen molar-refractivity contribution in [3.05, 3.63) is 29.3 Å². The highest BCUT2D eigenvalue weighted by atomic mass is 32.2. The standard InChI is InChI=1S/C17H23N3O2S/c1-11(2)7-8-18-15(21)10-23-17-20-19-16(22-17)14-6-5-12(3)13(4)9-14/h5-6,9,11H,7-8,10H2,1-4H3,(H,18,21). The largest absolute Gasteiger partial charge is 0.411 e. The molecule has 1 heterocycles. The number of carbonyl (C=O) groups is 1. The van der Waals surface area contributed by atoms with Crippen LogP contribution in [0, 0.1) is 19.8 Å². The minimum absolute atomic E-state index is 0.0124. The molecule has 0 saturated heterocycles. The van der Waals surface area contributed by atoms with Crippen molar-refractivity contribution in [1.82, 2.24) is 15.5 Å². The van der Waals surface area contributed by atoms with Crippen LogP contribution in [0.1, 0.15) is 31.4 Å². The molecule has 2 rings (SSSR count). The number of nitrogens with one attached hydrogen (secondary N) is 1. The van der Waals surface area contributed by atoms with E-state index in [1.807, 2.05) is 25.1 Å². The Morgan fingerprint density at radius 3 is 2.74 bits per heavy atom. The first kappa shape index (κ1) is 17.5. The van der Waals surface area contributed by atoms with Gasteiger partial charge in [0.2, 0.25) is 11.8 Å². The summed E-state index contributed by atoms with van der Waals surface area (Å²) in [6.07, 6.45) is 0.980. The van der Waals surface area contributed by atoms with Crippen molar-refractivity contribution < 1.29 is 9.21 Å². The number of carbonyl (C=O) groups excluding carboxylic acids is 1. The van der Waals surface area contributed by atoms with Crippen molar-refractivity contribution in [3.8, 4) is 11.5 Å². The molecule has 0 unspecified atom stereocenters. The van der Waals surface area contributed by atoms with Gasteiger partial charge < -0.3 is 9.73 Å². The molecular formula is C17H23N3O2S. The van der Waals surface area contributed by atoms with Gasteiger partial charge in [0.1, 0.15) is 0 Å². The second-order valence-electron chi connectivity index (χ2n) is 5.99. The van der Waals surface area contributed by atoms with Crippen LogP contribution >= 0.6 is 11.8 Å².